The largest absolute Gasteiger partial charge is 0.573 e. The summed E-state index contributed by atoms with van der Waals surface area (Å²) in [6.45, 7) is -0.321. The number of ether oxygens (including phenoxy) is 2. The molecule has 33 heavy (non-hydrogen) atoms. The second-order valence-corrected chi connectivity index (χ2v) is 6.79. The van der Waals surface area contributed by atoms with Crippen molar-refractivity contribution in [3.05, 3.63) is 84.3 Å². The molecule has 4 aromatic rings. The van der Waals surface area contributed by atoms with Crippen LogP contribution in [-0.2, 0) is 6.61 Å². The molecule has 0 radical (unpaired) electrons. The number of hydrogen-bond acceptors (Lipinski definition) is 6. The second kappa shape index (κ2) is 9.13. The summed E-state index contributed by atoms with van der Waals surface area (Å²) in [6.07, 6.45) is -3.37. The van der Waals surface area contributed by atoms with Gasteiger partial charge >= 0.3 is 6.36 Å². The molecule has 2 N–H and O–H groups in total. The van der Waals surface area contributed by atoms with E-state index in [4.69, 9.17) is 9.84 Å². The van der Waals surface area contributed by atoms with E-state index in [1.54, 1.807) is 42.5 Å². The third kappa shape index (κ3) is 5.55. The Morgan fingerprint density at radius 1 is 1.00 bits per heavy atom. The molecule has 0 atom stereocenters. The van der Waals surface area contributed by atoms with Gasteiger partial charge in [0, 0.05) is 29.6 Å². The molecule has 0 aliphatic heterocycles. The molecule has 1 amide bonds. The molecule has 7 nitrogen and oxygen atoms in total. The normalized spacial score (nSPS) is 11.3. The fourth-order valence-corrected chi connectivity index (χ4v) is 3.13. The van der Waals surface area contributed by atoms with Crippen molar-refractivity contribution in [2.75, 3.05) is 5.32 Å². The van der Waals surface area contributed by atoms with Crippen LogP contribution in [0.5, 0.6) is 17.4 Å². The summed E-state index contributed by atoms with van der Waals surface area (Å²) < 4.78 is 46.9. The molecule has 4 rings (SSSR count). The van der Waals surface area contributed by atoms with Gasteiger partial charge in [0.2, 0.25) is 5.88 Å². The first-order valence-electron chi connectivity index (χ1n) is 9.61. The maximum atomic E-state index is 12.8. The van der Waals surface area contributed by atoms with Crippen LogP contribution in [0.15, 0.2) is 72.9 Å². The number of carbonyl (C=O) groups excluding carboxylic acids is 1. The summed E-state index contributed by atoms with van der Waals surface area (Å²) in [7, 11) is 0. The number of aliphatic hydroxyl groups excluding tert-OH is 1. The molecule has 0 unspecified atom stereocenters. The van der Waals surface area contributed by atoms with Crippen molar-refractivity contribution in [1.82, 2.24) is 9.97 Å². The zero-order valence-corrected chi connectivity index (χ0v) is 16.8. The lowest BCUT2D eigenvalue weighted by molar-refractivity contribution is -0.274. The fourth-order valence-electron chi connectivity index (χ4n) is 3.13. The van der Waals surface area contributed by atoms with Crippen LogP contribution < -0.4 is 14.8 Å². The third-order valence-corrected chi connectivity index (χ3v) is 4.47. The number of alkyl halides is 3. The van der Waals surface area contributed by atoms with Gasteiger partial charge in [-0.15, -0.1) is 13.2 Å². The summed E-state index contributed by atoms with van der Waals surface area (Å²) in [6, 6.07) is 16.7. The van der Waals surface area contributed by atoms with Crippen molar-refractivity contribution in [3.8, 4) is 17.4 Å². The van der Waals surface area contributed by atoms with Crippen molar-refractivity contribution in [2.24, 2.45) is 0 Å². The van der Waals surface area contributed by atoms with Crippen LogP contribution in [0.25, 0.3) is 10.8 Å². The van der Waals surface area contributed by atoms with Crippen LogP contribution in [0.1, 0.15) is 16.2 Å². The van der Waals surface area contributed by atoms with Gasteiger partial charge in [-0.2, -0.15) is 4.98 Å². The molecule has 0 saturated heterocycles. The van der Waals surface area contributed by atoms with E-state index in [0.29, 0.717) is 22.1 Å². The van der Waals surface area contributed by atoms with Crippen LogP contribution in [0, 0.1) is 0 Å². The average molecular weight is 455 g/mol. The highest BCUT2D eigenvalue weighted by Gasteiger charge is 2.31. The Labute approximate surface area is 185 Å². The van der Waals surface area contributed by atoms with Gasteiger partial charge in [0.05, 0.1) is 0 Å². The number of fused-ring (bicyclic) bond motifs is 1. The summed E-state index contributed by atoms with van der Waals surface area (Å²) in [4.78, 5) is 20.8. The van der Waals surface area contributed by atoms with Gasteiger partial charge in [-0.25, -0.2) is 4.98 Å². The number of carbonyl (C=O) groups is 1. The highest BCUT2D eigenvalue weighted by atomic mass is 19.4. The van der Waals surface area contributed by atoms with Crippen LogP contribution in [0.3, 0.4) is 0 Å². The van der Waals surface area contributed by atoms with Crippen molar-refractivity contribution in [3.63, 3.8) is 0 Å². The van der Waals surface area contributed by atoms with Crippen LogP contribution in [0.2, 0.25) is 0 Å². The summed E-state index contributed by atoms with van der Waals surface area (Å²) in [5.41, 5.74) is 0.480. The maximum absolute atomic E-state index is 12.8. The first-order chi connectivity index (χ1) is 15.8. The molecule has 1 heterocycles. The highest BCUT2D eigenvalue weighted by molar-refractivity contribution is 6.13. The molecular formula is C23H16F3N3O4. The van der Waals surface area contributed by atoms with Crippen molar-refractivity contribution >= 4 is 22.4 Å². The molecular weight excluding hydrogens is 439 g/mol. The highest BCUT2D eigenvalue weighted by Crippen LogP contribution is 2.28. The number of halogens is 3. The first-order valence-corrected chi connectivity index (χ1v) is 9.61. The minimum atomic E-state index is -4.83. The zero-order chi connectivity index (χ0) is 23.4. The lowest BCUT2D eigenvalue weighted by Crippen LogP contribution is -2.17. The quantitative estimate of drug-likeness (QED) is 0.422. The average Bonchev–Trinajstić information content (AvgIpc) is 2.77. The summed E-state index contributed by atoms with van der Waals surface area (Å²) >= 11 is 0. The van der Waals surface area contributed by atoms with Gasteiger partial charge in [0.1, 0.15) is 18.1 Å². The van der Waals surface area contributed by atoms with Crippen LogP contribution in [0.4, 0.5) is 18.9 Å². The molecule has 3 aromatic carbocycles. The monoisotopic (exact) mass is 455 g/mol. The summed E-state index contributed by atoms with van der Waals surface area (Å²) in [5, 5.41) is 13.0. The molecule has 0 bridgehead atoms. The minimum Gasteiger partial charge on any atom is -0.439 e. The molecule has 1 aromatic heterocycles. The van der Waals surface area contributed by atoms with E-state index >= 15 is 0 Å². The van der Waals surface area contributed by atoms with E-state index in [1.165, 1.54) is 18.3 Å². The number of nitrogens with one attached hydrogen (secondary N) is 1. The van der Waals surface area contributed by atoms with Gasteiger partial charge in [0.15, 0.2) is 5.82 Å². The number of rotatable bonds is 6. The number of anilines is 1. The molecule has 10 heteroatoms. The van der Waals surface area contributed by atoms with Gasteiger partial charge in [0.25, 0.3) is 5.91 Å². The topological polar surface area (TPSA) is 93.6 Å². The zero-order valence-electron chi connectivity index (χ0n) is 16.8. The Bertz CT molecular complexity index is 1310. The molecule has 0 aliphatic rings. The molecule has 0 aliphatic carbocycles. The molecule has 0 spiro atoms. The molecule has 0 fully saturated rings. The number of amides is 1. The van der Waals surface area contributed by atoms with Gasteiger partial charge in [-0.3, -0.25) is 4.79 Å². The smallest absolute Gasteiger partial charge is 0.439 e. The number of nitrogens with zero attached hydrogens (tertiary/aromatic N) is 2. The number of benzene rings is 3. The first kappa shape index (κ1) is 22.0. The van der Waals surface area contributed by atoms with E-state index in [1.807, 2.05) is 0 Å². The van der Waals surface area contributed by atoms with E-state index in [2.05, 4.69) is 20.0 Å². The van der Waals surface area contributed by atoms with Crippen molar-refractivity contribution < 1.29 is 32.5 Å². The SMILES string of the molecule is O=C(Nc1cccc(OC(F)(F)F)c1)c1cccc2cc(Oc3ccnc(CO)n3)ccc12. The molecule has 0 saturated carbocycles. The number of aliphatic hydroxyl groups is 1. The Hall–Kier alpha value is -4.18. The standard InChI is InChI=1S/C23H16F3N3O4/c24-23(25,26)33-17-5-2-4-15(12-17)28-22(31)19-6-1-3-14-11-16(7-8-18(14)19)32-21-9-10-27-20(13-30)29-21/h1-12,30H,13H2,(H,28,31). The number of aromatic nitrogens is 2. The van der Waals surface area contributed by atoms with E-state index < -0.39 is 18.0 Å². The van der Waals surface area contributed by atoms with Gasteiger partial charge in [-0.05, 0) is 47.2 Å². The Balaban J connectivity index is 1.56. The van der Waals surface area contributed by atoms with E-state index in [9.17, 15) is 18.0 Å². The third-order valence-electron chi connectivity index (χ3n) is 4.47. The van der Waals surface area contributed by atoms with Crippen molar-refractivity contribution in [1.29, 1.82) is 0 Å². The molecule has 168 valence electrons. The Kier molecular flexibility index (Phi) is 6.09. The van der Waals surface area contributed by atoms with Crippen LogP contribution >= 0.6 is 0 Å². The lowest BCUT2D eigenvalue weighted by Gasteiger charge is -2.12. The number of hydrogen-bond donors (Lipinski definition) is 2. The Morgan fingerprint density at radius 2 is 1.82 bits per heavy atom. The van der Waals surface area contributed by atoms with E-state index in [-0.39, 0.29) is 24.0 Å². The lowest BCUT2D eigenvalue weighted by atomic mass is 10.0. The van der Waals surface area contributed by atoms with Gasteiger partial charge in [-0.1, -0.05) is 18.2 Å². The predicted molar refractivity (Wildman–Crippen MR) is 113 cm³/mol. The minimum absolute atomic E-state index is 0.155. The maximum Gasteiger partial charge on any atom is 0.573 e. The summed E-state index contributed by atoms with van der Waals surface area (Å²) in [5.74, 6) is -0.00393. The second-order valence-electron chi connectivity index (χ2n) is 6.79. The Morgan fingerprint density at radius 3 is 2.61 bits per heavy atom. The fraction of sp³-hybridized carbons (Fsp3) is 0.0870. The van der Waals surface area contributed by atoms with E-state index in [0.717, 1.165) is 12.1 Å². The van der Waals surface area contributed by atoms with Crippen molar-refractivity contribution in [2.45, 2.75) is 13.0 Å². The predicted octanol–water partition coefficient (Wildman–Crippen LogP) is 5.07. The van der Waals surface area contributed by atoms with Gasteiger partial charge < -0.3 is 19.9 Å². The van der Waals surface area contributed by atoms with Crippen LogP contribution in [-0.4, -0.2) is 27.3 Å².